The van der Waals surface area contributed by atoms with E-state index in [1.807, 2.05) is 6.07 Å². The Bertz CT molecular complexity index is 620. The van der Waals surface area contributed by atoms with E-state index in [0.717, 1.165) is 12.8 Å². The van der Waals surface area contributed by atoms with Crippen molar-refractivity contribution in [1.29, 1.82) is 5.26 Å². The first-order valence-corrected chi connectivity index (χ1v) is 7.75. The molecule has 0 aliphatic heterocycles. The van der Waals surface area contributed by atoms with Crippen molar-refractivity contribution in [2.75, 3.05) is 6.54 Å². The van der Waals surface area contributed by atoms with Gasteiger partial charge >= 0.3 is 0 Å². The number of nitriles is 1. The van der Waals surface area contributed by atoms with Crippen molar-refractivity contribution in [1.82, 2.24) is 4.72 Å². The normalized spacial score (nSPS) is 16.9. The van der Waals surface area contributed by atoms with Crippen LogP contribution in [0.25, 0.3) is 0 Å². The second-order valence-corrected chi connectivity index (χ2v) is 6.72. The van der Waals surface area contributed by atoms with Gasteiger partial charge in [-0.3, -0.25) is 0 Å². The number of hydrogen-bond acceptors (Lipinski definition) is 4. The third-order valence-corrected chi connectivity index (χ3v) is 4.89. The number of nitrogens with two attached hydrogens (primary N) is 1. The quantitative estimate of drug-likeness (QED) is 0.854. The highest BCUT2D eigenvalue weighted by molar-refractivity contribution is 7.89. The van der Waals surface area contributed by atoms with Crippen molar-refractivity contribution in [3.8, 4) is 6.07 Å². The number of benzene rings is 1. The predicted molar refractivity (Wildman–Crippen MR) is 72.1 cm³/mol. The second-order valence-electron chi connectivity index (χ2n) is 4.58. The standard InChI is InChI=1S/C12H14ClN3O2S/c13-10-2-1-3-12(9(10)6-14)19(17,18)16-7-11(15)8-4-5-8/h1-3,8,11,16H,4-5,7,15H2. The highest BCUT2D eigenvalue weighted by Crippen LogP contribution is 2.31. The molecule has 5 nitrogen and oxygen atoms in total. The molecule has 19 heavy (non-hydrogen) atoms. The SMILES string of the molecule is N#Cc1c(Cl)cccc1S(=O)(=O)NCC(N)C1CC1. The second kappa shape index (κ2) is 5.47. The van der Waals surface area contributed by atoms with Gasteiger partial charge < -0.3 is 5.73 Å². The van der Waals surface area contributed by atoms with E-state index in [9.17, 15) is 8.42 Å². The number of nitrogens with zero attached hydrogens (tertiary/aromatic N) is 1. The average Bonchev–Trinajstić information content (AvgIpc) is 3.20. The van der Waals surface area contributed by atoms with Crippen LogP contribution in [-0.2, 0) is 10.0 Å². The molecule has 2 rings (SSSR count). The van der Waals surface area contributed by atoms with Crippen LogP contribution in [0.2, 0.25) is 5.02 Å². The van der Waals surface area contributed by atoms with Crippen LogP contribution in [0, 0.1) is 17.2 Å². The fourth-order valence-corrected chi connectivity index (χ4v) is 3.33. The van der Waals surface area contributed by atoms with Gasteiger partial charge in [-0.25, -0.2) is 13.1 Å². The van der Waals surface area contributed by atoms with Gasteiger partial charge in [-0.1, -0.05) is 17.7 Å². The molecule has 3 N–H and O–H groups in total. The van der Waals surface area contributed by atoms with Crippen LogP contribution >= 0.6 is 11.6 Å². The molecule has 7 heteroatoms. The van der Waals surface area contributed by atoms with E-state index < -0.39 is 10.0 Å². The summed E-state index contributed by atoms with van der Waals surface area (Å²) < 4.78 is 26.7. The molecule has 1 aliphatic carbocycles. The van der Waals surface area contributed by atoms with E-state index in [1.165, 1.54) is 18.2 Å². The van der Waals surface area contributed by atoms with E-state index in [1.54, 1.807) is 0 Å². The lowest BCUT2D eigenvalue weighted by Crippen LogP contribution is -2.38. The van der Waals surface area contributed by atoms with Crippen molar-refractivity contribution >= 4 is 21.6 Å². The minimum Gasteiger partial charge on any atom is -0.326 e. The highest BCUT2D eigenvalue weighted by atomic mass is 35.5. The molecule has 0 radical (unpaired) electrons. The largest absolute Gasteiger partial charge is 0.326 e. The van der Waals surface area contributed by atoms with Gasteiger partial charge in [-0.2, -0.15) is 5.26 Å². The van der Waals surface area contributed by atoms with Gasteiger partial charge in [0.2, 0.25) is 10.0 Å². The summed E-state index contributed by atoms with van der Waals surface area (Å²) >= 11 is 5.82. The Morgan fingerprint density at radius 2 is 2.21 bits per heavy atom. The van der Waals surface area contributed by atoms with Gasteiger partial charge in [0.25, 0.3) is 0 Å². The molecular weight excluding hydrogens is 286 g/mol. The molecule has 0 bridgehead atoms. The minimum absolute atomic E-state index is 0.0448. The lowest BCUT2D eigenvalue weighted by atomic mass is 10.2. The first kappa shape index (κ1) is 14.3. The molecule has 0 saturated heterocycles. The van der Waals surface area contributed by atoms with Gasteiger partial charge in [0.1, 0.15) is 11.0 Å². The molecule has 1 aromatic carbocycles. The van der Waals surface area contributed by atoms with Crippen molar-refractivity contribution < 1.29 is 8.42 Å². The van der Waals surface area contributed by atoms with Crippen LogP contribution in [0.5, 0.6) is 0 Å². The fourth-order valence-electron chi connectivity index (χ4n) is 1.81. The zero-order chi connectivity index (χ0) is 14.0. The summed E-state index contributed by atoms with van der Waals surface area (Å²) in [4.78, 5) is -0.106. The molecule has 1 fully saturated rings. The van der Waals surface area contributed by atoms with Crippen LogP contribution in [0.1, 0.15) is 18.4 Å². The number of sulfonamides is 1. The maximum Gasteiger partial charge on any atom is 0.241 e. The summed E-state index contributed by atoms with van der Waals surface area (Å²) in [5.41, 5.74) is 5.80. The minimum atomic E-state index is -3.76. The Morgan fingerprint density at radius 3 is 2.79 bits per heavy atom. The maximum absolute atomic E-state index is 12.1. The molecule has 1 aromatic rings. The van der Waals surface area contributed by atoms with E-state index in [2.05, 4.69) is 4.72 Å². The van der Waals surface area contributed by atoms with Gasteiger partial charge in [-0.15, -0.1) is 0 Å². The van der Waals surface area contributed by atoms with E-state index in [4.69, 9.17) is 22.6 Å². The van der Waals surface area contributed by atoms with Crippen molar-refractivity contribution in [2.24, 2.45) is 11.7 Å². The van der Waals surface area contributed by atoms with Crippen LogP contribution < -0.4 is 10.5 Å². The summed E-state index contributed by atoms with van der Waals surface area (Å²) in [6.45, 7) is 0.171. The Balaban J connectivity index is 2.19. The van der Waals surface area contributed by atoms with E-state index in [-0.39, 0.29) is 28.1 Å². The smallest absolute Gasteiger partial charge is 0.241 e. The summed E-state index contributed by atoms with van der Waals surface area (Å²) in [6, 6.07) is 5.97. The first-order valence-electron chi connectivity index (χ1n) is 5.89. The van der Waals surface area contributed by atoms with Crippen molar-refractivity contribution in [3.05, 3.63) is 28.8 Å². The molecule has 0 amide bonds. The highest BCUT2D eigenvalue weighted by Gasteiger charge is 2.30. The number of nitrogens with one attached hydrogen (secondary N) is 1. The molecule has 0 heterocycles. The monoisotopic (exact) mass is 299 g/mol. The third kappa shape index (κ3) is 3.25. The van der Waals surface area contributed by atoms with Crippen LogP contribution in [0.3, 0.4) is 0 Å². The number of halogens is 1. The zero-order valence-corrected chi connectivity index (χ0v) is 11.7. The molecule has 0 spiro atoms. The third-order valence-electron chi connectivity index (χ3n) is 3.11. The van der Waals surface area contributed by atoms with Crippen molar-refractivity contribution in [2.45, 2.75) is 23.8 Å². The molecule has 1 atom stereocenters. The van der Waals surface area contributed by atoms with Crippen molar-refractivity contribution in [3.63, 3.8) is 0 Å². The van der Waals surface area contributed by atoms with Crippen LogP contribution in [0.4, 0.5) is 0 Å². The van der Waals surface area contributed by atoms with E-state index in [0.29, 0.717) is 5.92 Å². The molecule has 102 valence electrons. The fraction of sp³-hybridized carbons (Fsp3) is 0.417. The predicted octanol–water partition coefficient (Wildman–Crippen LogP) is 1.23. The van der Waals surface area contributed by atoms with E-state index >= 15 is 0 Å². The lowest BCUT2D eigenvalue weighted by Gasteiger charge is -2.13. The average molecular weight is 300 g/mol. The number of rotatable bonds is 5. The Kier molecular flexibility index (Phi) is 4.11. The lowest BCUT2D eigenvalue weighted by molar-refractivity contribution is 0.547. The summed E-state index contributed by atoms with van der Waals surface area (Å²) in [5.74, 6) is 0.400. The molecule has 0 aromatic heterocycles. The summed E-state index contributed by atoms with van der Waals surface area (Å²) in [7, 11) is -3.76. The molecule has 1 unspecified atom stereocenters. The first-order chi connectivity index (χ1) is 8.95. The zero-order valence-electron chi connectivity index (χ0n) is 10.1. The van der Waals surface area contributed by atoms with Gasteiger partial charge in [0, 0.05) is 12.6 Å². The maximum atomic E-state index is 12.1. The number of hydrogen-bond donors (Lipinski definition) is 2. The Morgan fingerprint density at radius 1 is 1.53 bits per heavy atom. The summed E-state index contributed by atoms with van der Waals surface area (Å²) in [6.07, 6.45) is 2.09. The van der Waals surface area contributed by atoms with Gasteiger partial charge in [0.15, 0.2) is 0 Å². The molecule has 1 aliphatic rings. The summed E-state index contributed by atoms with van der Waals surface area (Å²) in [5, 5.41) is 9.11. The molecule has 1 saturated carbocycles. The van der Waals surface area contributed by atoms with Gasteiger partial charge in [0.05, 0.1) is 10.6 Å². The molecular formula is C12H14ClN3O2S. The Labute approximate surface area is 117 Å². The Hall–Kier alpha value is -1.13. The topological polar surface area (TPSA) is 96.0 Å². The van der Waals surface area contributed by atoms with Crippen LogP contribution in [-0.4, -0.2) is 21.0 Å². The van der Waals surface area contributed by atoms with Gasteiger partial charge in [-0.05, 0) is 30.9 Å². The van der Waals surface area contributed by atoms with Crippen LogP contribution in [0.15, 0.2) is 23.1 Å².